The number of aromatic nitrogens is 1. The van der Waals surface area contributed by atoms with E-state index in [0.29, 0.717) is 37.5 Å². The van der Waals surface area contributed by atoms with Crippen molar-refractivity contribution in [2.75, 3.05) is 52.5 Å². The molecule has 0 spiro atoms. The van der Waals surface area contributed by atoms with Crippen LogP contribution in [0.3, 0.4) is 0 Å². The number of rotatable bonds is 7. The van der Waals surface area contributed by atoms with Crippen molar-refractivity contribution in [3.8, 4) is 0 Å². The second-order valence-corrected chi connectivity index (χ2v) is 9.35. The Bertz CT molecular complexity index is 768. The van der Waals surface area contributed by atoms with Gasteiger partial charge in [0, 0.05) is 52.2 Å². The van der Waals surface area contributed by atoms with Crippen LogP contribution in [0.25, 0.3) is 0 Å². The zero-order valence-electron chi connectivity index (χ0n) is 16.9. The van der Waals surface area contributed by atoms with Crippen molar-refractivity contribution in [2.24, 2.45) is 0 Å². The molecule has 2 aliphatic rings. The van der Waals surface area contributed by atoms with Crippen molar-refractivity contribution < 1.29 is 22.5 Å². The highest BCUT2D eigenvalue weighted by Gasteiger charge is 2.38. The maximum atomic E-state index is 13.0. The number of amides is 1. The van der Waals surface area contributed by atoms with Crippen LogP contribution < -0.4 is 0 Å². The summed E-state index contributed by atoms with van der Waals surface area (Å²) < 4.78 is 37.8. The van der Waals surface area contributed by atoms with Crippen LogP contribution in [0.1, 0.15) is 31.2 Å². The third kappa shape index (κ3) is 4.56. The van der Waals surface area contributed by atoms with Gasteiger partial charge in [-0.15, -0.1) is 0 Å². The predicted molar refractivity (Wildman–Crippen MR) is 102 cm³/mol. The standard InChI is InChI=1S/C18H30N4O5S/c1-14-18(15(2)27-19-14)28(24,25)21-8-5-17(13-21)22(16(3)23)7-4-6-20-9-11-26-12-10-20/h17H,4-13H2,1-3H3. The largest absolute Gasteiger partial charge is 0.379 e. The van der Waals surface area contributed by atoms with E-state index in [1.54, 1.807) is 20.8 Å². The zero-order valence-corrected chi connectivity index (χ0v) is 17.7. The molecule has 10 heteroatoms. The molecular formula is C18H30N4O5S. The molecule has 0 saturated carbocycles. The van der Waals surface area contributed by atoms with Gasteiger partial charge in [-0.1, -0.05) is 5.16 Å². The first-order valence-electron chi connectivity index (χ1n) is 9.81. The zero-order chi connectivity index (χ0) is 20.3. The molecule has 158 valence electrons. The van der Waals surface area contributed by atoms with Gasteiger partial charge in [0.25, 0.3) is 0 Å². The van der Waals surface area contributed by atoms with Gasteiger partial charge in [-0.05, 0) is 26.7 Å². The van der Waals surface area contributed by atoms with Crippen LogP contribution in [0.15, 0.2) is 9.42 Å². The normalized spacial score (nSPS) is 21.9. The minimum absolute atomic E-state index is 0.0106. The number of ether oxygens (including phenoxy) is 1. The van der Waals surface area contributed by atoms with Gasteiger partial charge in [-0.2, -0.15) is 4.31 Å². The summed E-state index contributed by atoms with van der Waals surface area (Å²) in [6.07, 6.45) is 1.51. The quantitative estimate of drug-likeness (QED) is 0.645. The number of carbonyl (C=O) groups is 1. The Balaban J connectivity index is 1.60. The summed E-state index contributed by atoms with van der Waals surface area (Å²) in [6.45, 7) is 10.4. The van der Waals surface area contributed by atoms with Crippen LogP contribution in [-0.4, -0.2) is 92.1 Å². The van der Waals surface area contributed by atoms with Gasteiger partial charge in [0.05, 0.1) is 13.2 Å². The first kappa shape index (κ1) is 21.2. The van der Waals surface area contributed by atoms with Crippen molar-refractivity contribution in [2.45, 2.75) is 44.6 Å². The summed E-state index contributed by atoms with van der Waals surface area (Å²) in [6, 6.07) is -0.0996. The number of aryl methyl sites for hydroxylation is 2. The summed E-state index contributed by atoms with van der Waals surface area (Å²) in [5.41, 5.74) is 0.370. The van der Waals surface area contributed by atoms with E-state index in [4.69, 9.17) is 9.26 Å². The van der Waals surface area contributed by atoms with Gasteiger partial charge >= 0.3 is 0 Å². The average Bonchev–Trinajstić information content (AvgIpc) is 3.27. The lowest BCUT2D eigenvalue weighted by atomic mass is 10.2. The summed E-state index contributed by atoms with van der Waals surface area (Å²) in [5.74, 6) is 0.290. The average molecular weight is 415 g/mol. The second kappa shape index (κ2) is 8.89. The van der Waals surface area contributed by atoms with Crippen LogP contribution in [0.5, 0.6) is 0 Å². The molecule has 3 rings (SSSR count). The lowest BCUT2D eigenvalue weighted by molar-refractivity contribution is -0.131. The van der Waals surface area contributed by atoms with E-state index in [2.05, 4.69) is 10.1 Å². The van der Waals surface area contributed by atoms with Gasteiger partial charge in [-0.25, -0.2) is 8.42 Å². The maximum absolute atomic E-state index is 13.0. The Morgan fingerprint density at radius 3 is 2.57 bits per heavy atom. The first-order valence-corrected chi connectivity index (χ1v) is 11.2. The molecule has 0 aromatic carbocycles. The van der Waals surface area contributed by atoms with E-state index < -0.39 is 10.0 Å². The van der Waals surface area contributed by atoms with Gasteiger partial charge in [0.2, 0.25) is 15.9 Å². The summed E-state index contributed by atoms with van der Waals surface area (Å²) in [7, 11) is -3.67. The fraction of sp³-hybridized carbons (Fsp3) is 0.778. The second-order valence-electron chi connectivity index (χ2n) is 7.48. The molecule has 2 aliphatic heterocycles. The van der Waals surface area contributed by atoms with E-state index in [-0.39, 0.29) is 16.8 Å². The van der Waals surface area contributed by atoms with E-state index in [0.717, 1.165) is 39.3 Å². The van der Waals surface area contributed by atoms with Crippen LogP contribution in [0.4, 0.5) is 0 Å². The molecule has 9 nitrogen and oxygen atoms in total. The molecule has 1 amide bonds. The molecule has 0 bridgehead atoms. The van der Waals surface area contributed by atoms with Gasteiger partial charge in [0.15, 0.2) is 5.76 Å². The molecular weight excluding hydrogens is 384 g/mol. The molecule has 2 saturated heterocycles. The summed E-state index contributed by atoms with van der Waals surface area (Å²) >= 11 is 0. The third-order valence-corrected chi connectivity index (χ3v) is 7.62. The van der Waals surface area contributed by atoms with E-state index in [1.165, 1.54) is 4.31 Å². The maximum Gasteiger partial charge on any atom is 0.248 e. The molecule has 1 aromatic heterocycles. The fourth-order valence-corrected chi connectivity index (χ4v) is 5.83. The van der Waals surface area contributed by atoms with E-state index in [1.807, 2.05) is 4.90 Å². The first-order chi connectivity index (χ1) is 13.3. The smallest absolute Gasteiger partial charge is 0.248 e. The van der Waals surface area contributed by atoms with Crippen molar-refractivity contribution in [3.63, 3.8) is 0 Å². The minimum atomic E-state index is -3.67. The molecule has 0 aliphatic carbocycles. The summed E-state index contributed by atoms with van der Waals surface area (Å²) in [5, 5.41) is 3.76. The molecule has 1 atom stereocenters. The number of morpholine rings is 1. The number of hydrogen-bond acceptors (Lipinski definition) is 7. The Labute approximate surface area is 166 Å². The number of hydrogen-bond donors (Lipinski definition) is 0. The SMILES string of the molecule is CC(=O)N(CCCN1CCOCC1)C1CCN(S(=O)(=O)c2c(C)noc2C)C1. The van der Waals surface area contributed by atoms with Crippen molar-refractivity contribution in [1.82, 2.24) is 19.3 Å². The highest BCUT2D eigenvalue weighted by Crippen LogP contribution is 2.28. The van der Waals surface area contributed by atoms with Crippen molar-refractivity contribution in [1.29, 1.82) is 0 Å². The van der Waals surface area contributed by atoms with Gasteiger partial charge in [-0.3, -0.25) is 9.69 Å². The van der Waals surface area contributed by atoms with Crippen LogP contribution in [0, 0.1) is 13.8 Å². The van der Waals surface area contributed by atoms with Crippen LogP contribution >= 0.6 is 0 Å². The minimum Gasteiger partial charge on any atom is -0.379 e. The molecule has 3 heterocycles. The Kier molecular flexibility index (Phi) is 6.74. The third-order valence-electron chi connectivity index (χ3n) is 5.51. The molecule has 2 fully saturated rings. The Morgan fingerprint density at radius 1 is 1.25 bits per heavy atom. The van der Waals surface area contributed by atoms with Crippen LogP contribution in [0.2, 0.25) is 0 Å². The van der Waals surface area contributed by atoms with Crippen molar-refractivity contribution >= 4 is 15.9 Å². The van der Waals surface area contributed by atoms with Crippen LogP contribution in [-0.2, 0) is 19.6 Å². The lowest BCUT2D eigenvalue weighted by Crippen LogP contribution is -2.44. The van der Waals surface area contributed by atoms with Gasteiger partial charge < -0.3 is 14.2 Å². The number of carbonyl (C=O) groups excluding carboxylic acids is 1. The molecule has 1 unspecified atom stereocenters. The Hall–Kier alpha value is -1.49. The monoisotopic (exact) mass is 414 g/mol. The van der Waals surface area contributed by atoms with Gasteiger partial charge in [0.1, 0.15) is 10.6 Å². The molecule has 28 heavy (non-hydrogen) atoms. The topological polar surface area (TPSA) is 96.2 Å². The molecule has 1 aromatic rings. The fourth-order valence-electron chi connectivity index (χ4n) is 4.04. The molecule has 0 radical (unpaired) electrons. The highest BCUT2D eigenvalue weighted by atomic mass is 32.2. The van der Waals surface area contributed by atoms with E-state index in [9.17, 15) is 13.2 Å². The lowest BCUT2D eigenvalue weighted by Gasteiger charge is -2.30. The predicted octanol–water partition coefficient (Wildman–Crippen LogP) is 0.625. The summed E-state index contributed by atoms with van der Waals surface area (Å²) in [4.78, 5) is 16.5. The number of nitrogens with zero attached hydrogens (tertiary/aromatic N) is 4. The van der Waals surface area contributed by atoms with E-state index >= 15 is 0 Å². The molecule has 0 N–H and O–H groups in total. The highest BCUT2D eigenvalue weighted by molar-refractivity contribution is 7.89. The number of sulfonamides is 1. The van der Waals surface area contributed by atoms with Crippen molar-refractivity contribution in [3.05, 3.63) is 11.5 Å². The Morgan fingerprint density at radius 2 is 1.96 bits per heavy atom.